The molecule has 27 heavy (non-hydrogen) atoms. The summed E-state index contributed by atoms with van der Waals surface area (Å²) in [5.41, 5.74) is 2.59. The third-order valence-corrected chi connectivity index (χ3v) is 5.53. The molecule has 0 saturated heterocycles. The van der Waals surface area contributed by atoms with Crippen molar-refractivity contribution in [2.75, 3.05) is 11.9 Å². The van der Waals surface area contributed by atoms with E-state index in [2.05, 4.69) is 37.2 Å². The first kappa shape index (κ1) is 20.1. The van der Waals surface area contributed by atoms with Crippen LogP contribution in [-0.2, 0) is 17.8 Å². The maximum Gasteiger partial charge on any atom is 0.307 e. The molecule has 1 saturated carbocycles. The summed E-state index contributed by atoms with van der Waals surface area (Å²) in [6.07, 6.45) is 2.33. The van der Waals surface area contributed by atoms with Gasteiger partial charge in [0.1, 0.15) is 12.4 Å². The number of anilines is 1. The van der Waals surface area contributed by atoms with E-state index in [1.54, 1.807) is 18.2 Å². The number of aryl methyl sites for hydroxylation is 1. The van der Waals surface area contributed by atoms with E-state index in [9.17, 15) is 9.18 Å². The van der Waals surface area contributed by atoms with Gasteiger partial charge in [0, 0.05) is 12.1 Å². The lowest BCUT2D eigenvalue weighted by molar-refractivity contribution is -0.136. The van der Waals surface area contributed by atoms with E-state index < -0.39 is 5.97 Å². The van der Waals surface area contributed by atoms with Gasteiger partial charge in [-0.1, -0.05) is 0 Å². The molecule has 0 aliphatic heterocycles. The highest BCUT2D eigenvalue weighted by Crippen LogP contribution is 2.36. The number of halogens is 3. The van der Waals surface area contributed by atoms with Crippen LogP contribution in [0.2, 0.25) is 0 Å². The third kappa shape index (κ3) is 5.45. The lowest BCUT2D eigenvalue weighted by Gasteiger charge is -2.15. The number of carboxylic acid groups (broad SMARTS) is 1. The van der Waals surface area contributed by atoms with Crippen molar-refractivity contribution in [3.63, 3.8) is 0 Å². The molecule has 0 unspecified atom stereocenters. The smallest absolute Gasteiger partial charge is 0.307 e. The van der Waals surface area contributed by atoms with Crippen molar-refractivity contribution < 1.29 is 19.0 Å². The monoisotopic (exact) mass is 499 g/mol. The minimum Gasteiger partial charge on any atom is -0.486 e. The molecule has 0 amide bonds. The number of carboxylic acids is 1. The van der Waals surface area contributed by atoms with Gasteiger partial charge in [0.05, 0.1) is 21.1 Å². The molecule has 1 aliphatic rings. The Bertz CT molecular complexity index is 846. The Hall–Kier alpha value is -1.60. The van der Waals surface area contributed by atoms with Gasteiger partial charge in [-0.15, -0.1) is 0 Å². The summed E-state index contributed by atoms with van der Waals surface area (Å²) < 4.78 is 21.9. The molecule has 1 aliphatic carbocycles. The molecule has 0 heterocycles. The normalized spacial score (nSPS) is 13.5. The fourth-order valence-corrected chi connectivity index (χ4v) is 4.34. The summed E-state index contributed by atoms with van der Waals surface area (Å²) in [4.78, 5) is 10.9. The lowest BCUT2D eigenvalue weighted by Crippen LogP contribution is -2.08. The first-order chi connectivity index (χ1) is 12.8. The van der Waals surface area contributed by atoms with Gasteiger partial charge in [0.25, 0.3) is 0 Å². The quantitative estimate of drug-likeness (QED) is 0.489. The highest BCUT2D eigenvalue weighted by atomic mass is 79.9. The van der Waals surface area contributed by atoms with Crippen LogP contribution in [0.4, 0.5) is 10.1 Å². The van der Waals surface area contributed by atoms with Crippen molar-refractivity contribution in [2.45, 2.75) is 32.8 Å². The molecule has 3 rings (SSSR count). The van der Waals surface area contributed by atoms with Gasteiger partial charge in [0.2, 0.25) is 0 Å². The van der Waals surface area contributed by atoms with E-state index in [-0.39, 0.29) is 18.8 Å². The highest BCUT2D eigenvalue weighted by Gasteiger charge is 2.21. The number of nitrogens with one attached hydrogen (secondary N) is 1. The van der Waals surface area contributed by atoms with Crippen LogP contribution < -0.4 is 10.1 Å². The molecule has 144 valence electrons. The fourth-order valence-electron chi connectivity index (χ4n) is 2.83. The average molecular weight is 501 g/mol. The Morgan fingerprint density at radius 3 is 2.52 bits per heavy atom. The molecule has 0 radical (unpaired) electrons. The number of benzene rings is 2. The third-order valence-electron chi connectivity index (χ3n) is 4.36. The Balaban J connectivity index is 1.75. The van der Waals surface area contributed by atoms with E-state index in [0.717, 1.165) is 12.1 Å². The van der Waals surface area contributed by atoms with Gasteiger partial charge < -0.3 is 15.2 Å². The molecule has 0 spiro atoms. The molecule has 7 heteroatoms. The minimum atomic E-state index is -0.907. The molecule has 2 aromatic carbocycles. The van der Waals surface area contributed by atoms with Crippen molar-refractivity contribution in [1.29, 1.82) is 0 Å². The predicted octanol–water partition coefficient (Wildman–Crippen LogP) is 5.69. The van der Waals surface area contributed by atoms with Crippen molar-refractivity contribution in [1.82, 2.24) is 0 Å². The summed E-state index contributed by atoms with van der Waals surface area (Å²) in [6, 6.07) is 6.98. The number of rotatable bonds is 8. The molecule has 2 aromatic rings. The van der Waals surface area contributed by atoms with Crippen LogP contribution in [0.5, 0.6) is 5.75 Å². The SMILES string of the molecule is Cc1cc(COc2c(Br)cc(CC(=O)O)cc2Br)c(F)c(NCC2CC2)c1. The summed E-state index contributed by atoms with van der Waals surface area (Å²) in [6.45, 7) is 2.79. The van der Waals surface area contributed by atoms with E-state index in [0.29, 0.717) is 37.4 Å². The van der Waals surface area contributed by atoms with E-state index in [4.69, 9.17) is 9.84 Å². The first-order valence-electron chi connectivity index (χ1n) is 8.69. The van der Waals surface area contributed by atoms with E-state index in [1.807, 2.05) is 13.0 Å². The summed E-state index contributed by atoms with van der Waals surface area (Å²) in [7, 11) is 0. The first-order valence-corrected chi connectivity index (χ1v) is 10.3. The second-order valence-electron chi connectivity index (χ2n) is 6.86. The number of hydrogen-bond acceptors (Lipinski definition) is 3. The number of carbonyl (C=O) groups is 1. The molecule has 0 aromatic heterocycles. The molecule has 0 atom stereocenters. The number of hydrogen-bond donors (Lipinski definition) is 2. The van der Waals surface area contributed by atoms with Crippen LogP contribution in [0.15, 0.2) is 33.2 Å². The van der Waals surface area contributed by atoms with Crippen molar-refractivity contribution in [3.8, 4) is 5.75 Å². The fraction of sp³-hybridized carbons (Fsp3) is 0.350. The number of aliphatic carboxylic acids is 1. The summed E-state index contributed by atoms with van der Waals surface area (Å²) in [5.74, 6) is -0.0371. The Kier molecular flexibility index (Phi) is 6.42. The van der Waals surface area contributed by atoms with E-state index >= 15 is 0 Å². The molecule has 2 N–H and O–H groups in total. The van der Waals surface area contributed by atoms with Crippen molar-refractivity contribution >= 4 is 43.5 Å². The van der Waals surface area contributed by atoms with Crippen LogP contribution in [0.25, 0.3) is 0 Å². The Labute approximate surface area is 174 Å². The zero-order valence-corrected chi connectivity index (χ0v) is 18.0. The second kappa shape index (κ2) is 8.61. The van der Waals surface area contributed by atoms with Crippen LogP contribution in [-0.4, -0.2) is 17.6 Å². The molecular weight excluding hydrogens is 481 g/mol. The van der Waals surface area contributed by atoms with Crippen LogP contribution >= 0.6 is 31.9 Å². The van der Waals surface area contributed by atoms with Gasteiger partial charge in [-0.25, -0.2) is 4.39 Å². The Morgan fingerprint density at radius 2 is 1.93 bits per heavy atom. The van der Waals surface area contributed by atoms with Crippen LogP contribution in [0, 0.1) is 18.7 Å². The zero-order chi connectivity index (χ0) is 19.6. The van der Waals surface area contributed by atoms with Gasteiger partial charge in [0.15, 0.2) is 5.82 Å². The van der Waals surface area contributed by atoms with Gasteiger partial charge in [-0.05, 0) is 92.9 Å². The maximum absolute atomic E-state index is 14.8. The van der Waals surface area contributed by atoms with Gasteiger partial charge in [-0.3, -0.25) is 4.79 Å². The maximum atomic E-state index is 14.8. The summed E-state index contributed by atoms with van der Waals surface area (Å²) >= 11 is 6.81. The van der Waals surface area contributed by atoms with Gasteiger partial charge in [-0.2, -0.15) is 0 Å². The summed E-state index contributed by atoms with van der Waals surface area (Å²) in [5, 5.41) is 12.1. The molecule has 0 bridgehead atoms. The molecule has 4 nitrogen and oxygen atoms in total. The number of ether oxygens (including phenoxy) is 1. The Morgan fingerprint density at radius 1 is 1.26 bits per heavy atom. The second-order valence-corrected chi connectivity index (χ2v) is 8.57. The van der Waals surface area contributed by atoms with Crippen LogP contribution in [0.3, 0.4) is 0 Å². The largest absolute Gasteiger partial charge is 0.486 e. The predicted molar refractivity (Wildman–Crippen MR) is 110 cm³/mol. The molecule has 1 fully saturated rings. The van der Waals surface area contributed by atoms with E-state index in [1.165, 1.54) is 12.8 Å². The van der Waals surface area contributed by atoms with Crippen molar-refractivity contribution in [3.05, 3.63) is 55.7 Å². The highest BCUT2D eigenvalue weighted by molar-refractivity contribution is 9.11. The zero-order valence-electron chi connectivity index (χ0n) is 14.8. The van der Waals surface area contributed by atoms with Crippen molar-refractivity contribution in [2.24, 2.45) is 5.92 Å². The topological polar surface area (TPSA) is 58.6 Å². The minimum absolute atomic E-state index is 0.0705. The molecular formula is C20H20Br2FNO3. The van der Waals surface area contributed by atoms with Crippen LogP contribution in [0.1, 0.15) is 29.5 Å². The van der Waals surface area contributed by atoms with Gasteiger partial charge >= 0.3 is 5.97 Å². The average Bonchev–Trinajstić information content (AvgIpc) is 3.39. The lowest BCUT2D eigenvalue weighted by atomic mass is 10.1. The standard InChI is InChI=1S/C20H20Br2FNO3/c1-11-4-14(19(23)17(5-11)24-9-12-2-3-12)10-27-20-15(21)6-13(7-16(20)22)8-18(25)26/h4-7,12,24H,2-3,8-10H2,1H3,(H,25,26).